The van der Waals surface area contributed by atoms with Gasteiger partial charge in [-0.15, -0.1) is 0 Å². The van der Waals surface area contributed by atoms with Crippen molar-refractivity contribution in [3.05, 3.63) is 51.7 Å². The summed E-state index contributed by atoms with van der Waals surface area (Å²) in [5.41, 5.74) is 2.35. The van der Waals surface area contributed by atoms with Crippen LogP contribution in [0.5, 0.6) is 5.75 Å². The summed E-state index contributed by atoms with van der Waals surface area (Å²) in [5.74, 6) is -0.521. The van der Waals surface area contributed by atoms with Gasteiger partial charge in [-0.05, 0) is 41.4 Å². The van der Waals surface area contributed by atoms with Gasteiger partial charge in [0.2, 0.25) is 0 Å². The predicted octanol–water partition coefficient (Wildman–Crippen LogP) is 3.38. The minimum atomic E-state index is -0.954. The van der Waals surface area contributed by atoms with Gasteiger partial charge in [-0.2, -0.15) is 11.3 Å². The zero-order chi connectivity index (χ0) is 13.0. The minimum Gasteiger partial charge on any atom is -0.492 e. The van der Waals surface area contributed by atoms with Crippen LogP contribution in [0.15, 0.2) is 35.0 Å². The van der Waals surface area contributed by atoms with E-state index in [1.807, 2.05) is 24.4 Å². The largest absolute Gasteiger partial charge is 0.492 e. The molecular weight excluding hydrogens is 248 g/mol. The summed E-state index contributed by atoms with van der Waals surface area (Å²) in [5, 5.41) is 13.2. The molecule has 0 amide bonds. The Hall–Kier alpha value is -1.81. The van der Waals surface area contributed by atoms with E-state index in [9.17, 15) is 4.79 Å². The van der Waals surface area contributed by atoms with Crippen molar-refractivity contribution in [3.8, 4) is 5.75 Å². The second kappa shape index (κ2) is 5.69. The van der Waals surface area contributed by atoms with E-state index in [4.69, 9.17) is 9.84 Å². The summed E-state index contributed by atoms with van der Waals surface area (Å²) < 4.78 is 5.55. The summed E-state index contributed by atoms with van der Waals surface area (Å²) in [6, 6.07) is 7.24. The lowest BCUT2D eigenvalue weighted by molar-refractivity contribution is 0.0692. The van der Waals surface area contributed by atoms with Crippen molar-refractivity contribution in [2.45, 2.75) is 13.3 Å². The third kappa shape index (κ3) is 3.11. The number of hydrogen-bond acceptors (Lipinski definition) is 3. The van der Waals surface area contributed by atoms with Crippen LogP contribution in [0.3, 0.4) is 0 Å². The van der Waals surface area contributed by atoms with Gasteiger partial charge in [-0.3, -0.25) is 0 Å². The Labute approximate surface area is 110 Å². The first-order chi connectivity index (χ1) is 8.66. The summed E-state index contributed by atoms with van der Waals surface area (Å²) in [7, 11) is 0. The van der Waals surface area contributed by atoms with Gasteiger partial charge in [0, 0.05) is 6.42 Å². The Morgan fingerprint density at radius 2 is 2.22 bits per heavy atom. The van der Waals surface area contributed by atoms with E-state index in [2.05, 4.69) is 5.38 Å². The van der Waals surface area contributed by atoms with Gasteiger partial charge in [0.05, 0.1) is 6.61 Å². The topological polar surface area (TPSA) is 46.5 Å². The average Bonchev–Trinajstić information content (AvgIpc) is 2.84. The third-order valence-corrected chi connectivity index (χ3v) is 3.33. The van der Waals surface area contributed by atoms with E-state index in [0.29, 0.717) is 12.4 Å². The molecule has 0 aliphatic carbocycles. The molecule has 0 saturated heterocycles. The van der Waals surface area contributed by atoms with Gasteiger partial charge < -0.3 is 9.84 Å². The maximum atomic E-state index is 11.1. The zero-order valence-corrected chi connectivity index (χ0v) is 10.9. The molecule has 94 valence electrons. The van der Waals surface area contributed by atoms with E-state index >= 15 is 0 Å². The molecule has 0 atom stereocenters. The molecule has 0 radical (unpaired) electrons. The molecule has 0 unspecified atom stereocenters. The van der Waals surface area contributed by atoms with Crippen LogP contribution in [0.4, 0.5) is 0 Å². The average molecular weight is 262 g/mol. The molecule has 2 rings (SSSR count). The third-order valence-electron chi connectivity index (χ3n) is 2.59. The molecule has 0 aliphatic rings. The molecule has 0 saturated carbocycles. The fraction of sp³-hybridized carbons (Fsp3) is 0.214. The van der Waals surface area contributed by atoms with Gasteiger partial charge >= 0.3 is 5.97 Å². The van der Waals surface area contributed by atoms with Gasteiger partial charge in [0.1, 0.15) is 11.3 Å². The molecule has 0 aliphatic heterocycles. The molecule has 0 bridgehead atoms. The van der Waals surface area contributed by atoms with Crippen LogP contribution in [0, 0.1) is 6.92 Å². The molecular formula is C14H14O3S. The number of carboxylic acids is 1. The van der Waals surface area contributed by atoms with E-state index in [-0.39, 0.29) is 5.56 Å². The van der Waals surface area contributed by atoms with Crippen molar-refractivity contribution >= 4 is 17.3 Å². The van der Waals surface area contributed by atoms with Crippen molar-refractivity contribution in [3.63, 3.8) is 0 Å². The Balaban J connectivity index is 2.02. The Morgan fingerprint density at radius 3 is 2.89 bits per heavy atom. The monoisotopic (exact) mass is 262 g/mol. The molecule has 1 aromatic carbocycles. The van der Waals surface area contributed by atoms with Gasteiger partial charge in [-0.1, -0.05) is 11.6 Å². The highest BCUT2D eigenvalue weighted by Crippen LogP contribution is 2.20. The van der Waals surface area contributed by atoms with E-state index in [1.165, 1.54) is 5.56 Å². The SMILES string of the molecule is Cc1ccc(OCCc2ccsc2)c(C(=O)O)c1. The minimum absolute atomic E-state index is 0.223. The number of carboxylic acid groups (broad SMARTS) is 1. The normalized spacial score (nSPS) is 10.3. The lowest BCUT2D eigenvalue weighted by atomic mass is 10.1. The Kier molecular flexibility index (Phi) is 3.99. The fourth-order valence-corrected chi connectivity index (χ4v) is 2.35. The molecule has 3 nitrogen and oxygen atoms in total. The lowest BCUT2D eigenvalue weighted by Gasteiger charge is -2.09. The van der Waals surface area contributed by atoms with Crippen LogP contribution in [-0.4, -0.2) is 17.7 Å². The van der Waals surface area contributed by atoms with Gasteiger partial charge in [0.25, 0.3) is 0 Å². The molecule has 18 heavy (non-hydrogen) atoms. The van der Waals surface area contributed by atoms with Crippen LogP contribution in [0.1, 0.15) is 21.5 Å². The molecule has 4 heteroatoms. The predicted molar refractivity (Wildman–Crippen MR) is 71.7 cm³/mol. The first kappa shape index (κ1) is 12.6. The number of aromatic carboxylic acids is 1. The first-order valence-electron chi connectivity index (χ1n) is 5.64. The maximum Gasteiger partial charge on any atom is 0.339 e. The van der Waals surface area contributed by atoms with Crippen LogP contribution < -0.4 is 4.74 Å². The molecule has 1 aromatic heterocycles. The fourth-order valence-electron chi connectivity index (χ4n) is 1.65. The number of ether oxygens (including phenoxy) is 1. The van der Waals surface area contributed by atoms with Crippen molar-refractivity contribution in [2.24, 2.45) is 0 Å². The number of benzene rings is 1. The molecule has 2 aromatic rings. The second-order valence-electron chi connectivity index (χ2n) is 4.03. The Morgan fingerprint density at radius 1 is 1.39 bits per heavy atom. The first-order valence-corrected chi connectivity index (χ1v) is 6.59. The highest BCUT2D eigenvalue weighted by molar-refractivity contribution is 7.07. The van der Waals surface area contributed by atoms with Crippen molar-refractivity contribution in [2.75, 3.05) is 6.61 Å². The second-order valence-corrected chi connectivity index (χ2v) is 4.81. The highest BCUT2D eigenvalue weighted by atomic mass is 32.1. The lowest BCUT2D eigenvalue weighted by Crippen LogP contribution is -2.06. The summed E-state index contributed by atoms with van der Waals surface area (Å²) in [6.45, 7) is 2.35. The van der Waals surface area contributed by atoms with Crippen LogP contribution in [0.25, 0.3) is 0 Å². The smallest absolute Gasteiger partial charge is 0.339 e. The van der Waals surface area contributed by atoms with Gasteiger partial charge in [-0.25, -0.2) is 4.79 Å². The van der Waals surface area contributed by atoms with Crippen molar-refractivity contribution in [1.82, 2.24) is 0 Å². The number of hydrogen-bond donors (Lipinski definition) is 1. The standard InChI is InChI=1S/C14H14O3S/c1-10-2-3-13(12(8-10)14(15)16)17-6-4-11-5-7-18-9-11/h2-3,5,7-9H,4,6H2,1H3,(H,15,16). The molecule has 1 heterocycles. The van der Waals surface area contributed by atoms with Crippen LogP contribution in [-0.2, 0) is 6.42 Å². The van der Waals surface area contributed by atoms with Crippen molar-refractivity contribution in [1.29, 1.82) is 0 Å². The number of rotatable bonds is 5. The number of thiophene rings is 1. The van der Waals surface area contributed by atoms with E-state index < -0.39 is 5.97 Å². The van der Waals surface area contributed by atoms with Crippen LogP contribution >= 0.6 is 11.3 Å². The van der Waals surface area contributed by atoms with Gasteiger partial charge in [0.15, 0.2) is 0 Å². The van der Waals surface area contributed by atoms with E-state index in [1.54, 1.807) is 23.5 Å². The van der Waals surface area contributed by atoms with Crippen molar-refractivity contribution < 1.29 is 14.6 Å². The molecule has 1 N–H and O–H groups in total. The Bertz CT molecular complexity index is 532. The summed E-state index contributed by atoms with van der Waals surface area (Å²) in [6.07, 6.45) is 0.788. The van der Waals surface area contributed by atoms with E-state index in [0.717, 1.165) is 12.0 Å². The quantitative estimate of drug-likeness (QED) is 0.898. The molecule has 0 spiro atoms. The zero-order valence-electron chi connectivity index (χ0n) is 10.1. The number of aryl methyl sites for hydroxylation is 1. The summed E-state index contributed by atoms with van der Waals surface area (Å²) >= 11 is 1.65. The summed E-state index contributed by atoms with van der Waals surface area (Å²) in [4.78, 5) is 11.1. The highest BCUT2D eigenvalue weighted by Gasteiger charge is 2.11. The maximum absolute atomic E-state index is 11.1. The number of carbonyl (C=O) groups is 1. The molecule has 0 fully saturated rings. The van der Waals surface area contributed by atoms with Crippen LogP contribution in [0.2, 0.25) is 0 Å².